The van der Waals surface area contributed by atoms with E-state index < -0.39 is 0 Å². The van der Waals surface area contributed by atoms with Gasteiger partial charge in [0.1, 0.15) is 6.26 Å². The number of thioether (sulfide) groups is 1. The van der Waals surface area contributed by atoms with Gasteiger partial charge in [-0.3, -0.25) is 0 Å². The van der Waals surface area contributed by atoms with Crippen LogP contribution in [0.5, 0.6) is 0 Å². The molecular formula is C11H18N2OS. The number of rotatable bonds is 3. The van der Waals surface area contributed by atoms with Gasteiger partial charge in [0.05, 0.1) is 5.69 Å². The van der Waals surface area contributed by atoms with Crippen LogP contribution in [0, 0.1) is 5.41 Å². The third kappa shape index (κ3) is 3.24. The van der Waals surface area contributed by atoms with E-state index in [9.17, 15) is 0 Å². The molecule has 0 bridgehead atoms. The topological polar surface area (TPSA) is 38.1 Å². The van der Waals surface area contributed by atoms with Gasteiger partial charge in [0.15, 0.2) is 0 Å². The molecule has 0 amide bonds. The molecular weight excluding hydrogens is 208 g/mol. The predicted molar refractivity (Wildman–Crippen MR) is 62.9 cm³/mol. The molecule has 0 radical (unpaired) electrons. The first-order valence-corrected chi connectivity index (χ1v) is 6.52. The van der Waals surface area contributed by atoms with E-state index in [1.807, 2.05) is 17.8 Å². The van der Waals surface area contributed by atoms with E-state index in [4.69, 9.17) is 4.52 Å². The van der Waals surface area contributed by atoms with Crippen molar-refractivity contribution < 1.29 is 4.52 Å². The lowest BCUT2D eigenvalue weighted by molar-refractivity contribution is 0.314. The summed E-state index contributed by atoms with van der Waals surface area (Å²) in [6.45, 7) is 5.49. The molecule has 1 aromatic rings. The van der Waals surface area contributed by atoms with E-state index in [2.05, 4.69) is 24.3 Å². The third-order valence-corrected chi connectivity index (χ3v) is 4.30. The summed E-state index contributed by atoms with van der Waals surface area (Å²) in [5.41, 5.74) is 1.45. The minimum Gasteiger partial charge on any atom is -0.364 e. The van der Waals surface area contributed by atoms with Crippen LogP contribution in [0.3, 0.4) is 0 Å². The number of hydrogen-bond acceptors (Lipinski definition) is 4. The average Bonchev–Trinajstić information content (AvgIpc) is 2.65. The standard InChI is InChI=1S/C11H18N2OS/c1-11(2)5-10(7-15-8-11)12-6-9-3-4-14-13-9/h3-4,10,12H,5-8H2,1-2H3. The van der Waals surface area contributed by atoms with Gasteiger partial charge in [-0.2, -0.15) is 11.8 Å². The fraction of sp³-hybridized carbons (Fsp3) is 0.727. The third-order valence-electron chi connectivity index (χ3n) is 2.67. The van der Waals surface area contributed by atoms with Crippen LogP contribution in [0.2, 0.25) is 0 Å². The molecule has 0 spiro atoms. The van der Waals surface area contributed by atoms with Crippen molar-refractivity contribution in [3.05, 3.63) is 18.0 Å². The highest BCUT2D eigenvalue weighted by Crippen LogP contribution is 2.33. The van der Waals surface area contributed by atoms with Crippen molar-refractivity contribution in [3.8, 4) is 0 Å². The second-order valence-corrected chi connectivity index (χ2v) is 5.98. The van der Waals surface area contributed by atoms with E-state index in [1.54, 1.807) is 6.26 Å². The normalized spacial score (nSPS) is 25.3. The van der Waals surface area contributed by atoms with E-state index >= 15 is 0 Å². The Hall–Kier alpha value is -0.480. The number of hydrogen-bond donors (Lipinski definition) is 1. The number of nitrogens with one attached hydrogen (secondary N) is 1. The van der Waals surface area contributed by atoms with E-state index in [0.29, 0.717) is 11.5 Å². The van der Waals surface area contributed by atoms with Gasteiger partial charge in [-0.05, 0) is 17.6 Å². The summed E-state index contributed by atoms with van der Waals surface area (Å²) in [4.78, 5) is 0. The molecule has 1 N–H and O–H groups in total. The van der Waals surface area contributed by atoms with Crippen LogP contribution in [0.15, 0.2) is 16.9 Å². The summed E-state index contributed by atoms with van der Waals surface area (Å²) < 4.78 is 4.80. The van der Waals surface area contributed by atoms with Crippen LogP contribution in [-0.4, -0.2) is 22.7 Å². The highest BCUT2D eigenvalue weighted by atomic mass is 32.2. The Balaban J connectivity index is 1.80. The summed E-state index contributed by atoms with van der Waals surface area (Å²) in [7, 11) is 0. The maximum Gasteiger partial charge on any atom is 0.124 e. The zero-order chi connectivity index (χ0) is 10.7. The fourth-order valence-corrected chi connectivity index (χ4v) is 3.28. The van der Waals surface area contributed by atoms with Gasteiger partial charge in [0.2, 0.25) is 0 Å². The maximum absolute atomic E-state index is 4.80. The minimum absolute atomic E-state index is 0.463. The van der Waals surface area contributed by atoms with Crippen LogP contribution in [0.1, 0.15) is 26.0 Å². The van der Waals surface area contributed by atoms with Crippen molar-refractivity contribution in [2.24, 2.45) is 5.41 Å². The monoisotopic (exact) mass is 226 g/mol. The quantitative estimate of drug-likeness (QED) is 0.858. The molecule has 1 saturated heterocycles. The lowest BCUT2D eigenvalue weighted by Gasteiger charge is -2.35. The van der Waals surface area contributed by atoms with Crippen LogP contribution in [0.25, 0.3) is 0 Å². The molecule has 0 aromatic carbocycles. The first-order valence-electron chi connectivity index (χ1n) is 5.36. The number of nitrogens with zero attached hydrogens (tertiary/aromatic N) is 1. The Labute approximate surface area is 95.0 Å². The molecule has 2 rings (SSSR count). The molecule has 1 aliphatic rings. The summed E-state index contributed by atoms with van der Waals surface area (Å²) in [5, 5.41) is 7.43. The first kappa shape index (κ1) is 11.0. The largest absolute Gasteiger partial charge is 0.364 e. The zero-order valence-corrected chi connectivity index (χ0v) is 10.1. The van der Waals surface area contributed by atoms with Crippen LogP contribution in [-0.2, 0) is 6.54 Å². The molecule has 3 nitrogen and oxygen atoms in total. The Kier molecular flexibility index (Phi) is 3.36. The SMILES string of the molecule is CC1(C)CSCC(NCc2ccon2)C1. The second-order valence-electron chi connectivity index (χ2n) is 4.95. The lowest BCUT2D eigenvalue weighted by Crippen LogP contribution is -2.40. The second kappa shape index (κ2) is 4.58. The van der Waals surface area contributed by atoms with Gasteiger partial charge in [-0.15, -0.1) is 0 Å². The Bertz CT molecular complexity index is 298. The fourth-order valence-electron chi connectivity index (χ4n) is 1.97. The van der Waals surface area contributed by atoms with Crippen LogP contribution in [0.4, 0.5) is 0 Å². The van der Waals surface area contributed by atoms with Gasteiger partial charge in [-0.1, -0.05) is 19.0 Å². The van der Waals surface area contributed by atoms with Gasteiger partial charge in [-0.25, -0.2) is 0 Å². The van der Waals surface area contributed by atoms with Crippen molar-refractivity contribution in [1.29, 1.82) is 0 Å². The molecule has 1 atom stereocenters. The molecule has 1 aliphatic heterocycles. The van der Waals surface area contributed by atoms with Crippen molar-refractivity contribution in [1.82, 2.24) is 10.5 Å². The van der Waals surface area contributed by atoms with Gasteiger partial charge >= 0.3 is 0 Å². The lowest BCUT2D eigenvalue weighted by atomic mass is 9.88. The van der Waals surface area contributed by atoms with Crippen molar-refractivity contribution in [2.75, 3.05) is 11.5 Å². The highest BCUT2D eigenvalue weighted by Gasteiger charge is 2.27. The molecule has 1 aromatic heterocycles. The highest BCUT2D eigenvalue weighted by molar-refractivity contribution is 7.99. The minimum atomic E-state index is 0.463. The van der Waals surface area contributed by atoms with Crippen molar-refractivity contribution >= 4 is 11.8 Å². The van der Waals surface area contributed by atoms with Gasteiger partial charge in [0, 0.05) is 24.4 Å². The van der Waals surface area contributed by atoms with Gasteiger partial charge in [0.25, 0.3) is 0 Å². The Morgan fingerprint density at radius 1 is 1.67 bits per heavy atom. The molecule has 15 heavy (non-hydrogen) atoms. The first-order chi connectivity index (χ1) is 7.16. The Morgan fingerprint density at radius 3 is 3.20 bits per heavy atom. The molecule has 0 saturated carbocycles. The summed E-state index contributed by atoms with van der Waals surface area (Å²) in [6.07, 6.45) is 2.87. The molecule has 1 fully saturated rings. The van der Waals surface area contributed by atoms with E-state index in [-0.39, 0.29) is 0 Å². The zero-order valence-electron chi connectivity index (χ0n) is 9.32. The predicted octanol–water partition coefficient (Wildman–Crippen LogP) is 2.30. The van der Waals surface area contributed by atoms with E-state index in [1.165, 1.54) is 17.9 Å². The molecule has 2 heterocycles. The smallest absolute Gasteiger partial charge is 0.124 e. The van der Waals surface area contributed by atoms with Gasteiger partial charge < -0.3 is 9.84 Å². The van der Waals surface area contributed by atoms with Crippen molar-refractivity contribution in [2.45, 2.75) is 32.9 Å². The van der Waals surface area contributed by atoms with Crippen LogP contribution < -0.4 is 5.32 Å². The molecule has 1 unspecified atom stereocenters. The average molecular weight is 226 g/mol. The molecule has 84 valence electrons. The van der Waals surface area contributed by atoms with Crippen molar-refractivity contribution in [3.63, 3.8) is 0 Å². The van der Waals surface area contributed by atoms with E-state index in [0.717, 1.165) is 12.2 Å². The Morgan fingerprint density at radius 2 is 2.53 bits per heavy atom. The summed E-state index contributed by atoms with van der Waals surface area (Å²) in [5.74, 6) is 2.48. The summed E-state index contributed by atoms with van der Waals surface area (Å²) in [6, 6.07) is 2.52. The summed E-state index contributed by atoms with van der Waals surface area (Å²) >= 11 is 2.04. The van der Waals surface area contributed by atoms with Crippen LogP contribution >= 0.6 is 11.8 Å². The molecule has 0 aliphatic carbocycles. The maximum atomic E-state index is 4.80. The molecule has 4 heteroatoms. The number of aromatic nitrogens is 1.